The maximum absolute atomic E-state index is 5.23. The SMILES string of the molecule is CCC(CC)(ON)C(C)C. The minimum absolute atomic E-state index is 0.0972. The van der Waals surface area contributed by atoms with E-state index in [-0.39, 0.29) is 5.60 Å². The lowest BCUT2D eigenvalue weighted by Crippen LogP contribution is -2.39. The van der Waals surface area contributed by atoms with Gasteiger partial charge in [0.05, 0.1) is 5.60 Å². The van der Waals surface area contributed by atoms with Crippen molar-refractivity contribution in [2.75, 3.05) is 0 Å². The van der Waals surface area contributed by atoms with Gasteiger partial charge in [-0.15, -0.1) is 0 Å². The minimum atomic E-state index is -0.0972. The molecule has 0 unspecified atom stereocenters. The van der Waals surface area contributed by atoms with Gasteiger partial charge >= 0.3 is 0 Å². The van der Waals surface area contributed by atoms with Crippen LogP contribution in [0.3, 0.4) is 0 Å². The first kappa shape index (κ1) is 9.92. The van der Waals surface area contributed by atoms with Gasteiger partial charge < -0.3 is 0 Å². The lowest BCUT2D eigenvalue weighted by molar-refractivity contribution is -0.0864. The molecule has 62 valence electrons. The van der Waals surface area contributed by atoms with Crippen molar-refractivity contribution in [1.82, 2.24) is 0 Å². The summed E-state index contributed by atoms with van der Waals surface area (Å²) in [4.78, 5) is 5.00. The quantitative estimate of drug-likeness (QED) is 0.615. The second kappa shape index (κ2) is 3.94. The third kappa shape index (κ3) is 1.70. The van der Waals surface area contributed by atoms with Crippen LogP contribution < -0.4 is 5.90 Å². The molecule has 0 fully saturated rings. The van der Waals surface area contributed by atoms with Crippen molar-refractivity contribution in [3.63, 3.8) is 0 Å². The van der Waals surface area contributed by atoms with Gasteiger partial charge in [-0.3, -0.25) is 4.84 Å². The van der Waals surface area contributed by atoms with Crippen LogP contribution in [0.2, 0.25) is 0 Å². The Kier molecular flexibility index (Phi) is 3.91. The smallest absolute Gasteiger partial charge is 0.0911 e. The van der Waals surface area contributed by atoms with Crippen molar-refractivity contribution < 1.29 is 4.84 Å². The van der Waals surface area contributed by atoms with Gasteiger partial charge in [0, 0.05) is 0 Å². The Hall–Kier alpha value is -0.0800. The van der Waals surface area contributed by atoms with Gasteiger partial charge in [0.15, 0.2) is 0 Å². The van der Waals surface area contributed by atoms with E-state index in [0.717, 1.165) is 12.8 Å². The first-order valence-corrected chi connectivity index (χ1v) is 4.00. The summed E-state index contributed by atoms with van der Waals surface area (Å²) in [5.74, 6) is 5.72. The van der Waals surface area contributed by atoms with Crippen LogP contribution in [0.25, 0.3) is 0 Å². The molecule has 2 nitrogen and oxygen atoms in total. The van der Waals surface area contributed by atoms with Crippen molar-refractivity contribution in [1.29, 1.82) is 0 Å². The summed E-state index contributed by atoms with van der Waals surface area (Å²) in [7, 11) is 0. The van der Waals surface area contributed by atoms with Crippen molar-refractivity contribution in [2.45, 2.75) is 46.1 Å². The highest BCUT2D eigenvalue weighted by molar-refractivity contribution is 4.79. The average Bonchev–Trinajstić information content (AvgIpc) is 1.92. The Labute approximate surface area is 63.7 Å². The molecule has 2 heteroatoms. The molecule has 0 spiro atoms. The summed E-state index contributed by atoms with van der Waals surface area (Å²) >= 11 is 0. The predicted octanol–water partition coefficient (Wildman–Crippen LogP) is 2.09. The monoisotopic (exact) mass is 145 g/mol. The molecule has 0 aliphatic carbocycles. The summed E-state index contributed by atoms with van der Waals surface area (Å²) in [6, 6.07) is 0. The number of nitrogens with two attached hydrogens (primary N) is 1. The van der Waals surface area contributed by atoms with Crippen LogP contribution in [-0.2, 0) is 4.84 Å². The van der Waals surface area contributed by atoms with Crippen LogP contribution in [0.15, 0.2) is 0 Å². The van der Waals surface area contributed by atoms with Gasteiger partial charge in [-0.05, 0) is 18.8 Å². The summed E-state index contributed by atoms with van der Waals surface area (Å²) in [5, 5.41) is 0. The second-order valence-electron chi connectivity index (χ2n) is 3.04. The molecule has 0 aromatic carbocycles. The van der Waals surface area contributed by atoms with Crippen molar-refractivity contribution >= 4 is 0 Å². The van der Waals surface area contributed by atoms with E-state index < -0.39 is 0 Å². The lowest BCUT2D eigenvalue weighted by atomic mass is 9.85. The van der Waals surface area contributed by atoms with Gasteiger partial charge in [0.25, 0.3) is 0 Å². The fourth-order valence-corrected chi connectivity index (χ4v) is 1.37. The molecule has 0 atom stereocenters. The Morgan fingerprint density at radius 2 is 1.70 bits per heavy atom. The third-order valence-electron chi connectivity index (χ3n) is 2.48. The van der Waals surface area contributed by atoms with Crippen LogP contribution in [0.5, 0.6) is 0 Å². The average molecular weight is 145 g/mol. The fraction of sp³-hybridized carbons (Fsp3) is 1.00. The maximum atomic E-state index is 5.23. The molecule has 0 radical (unpaired) electrons. The summed E-state index contributed by atoms with van der Waals surface area (Å²) in [6.45, 7) is 8.49. The molecule has 0 aromatic heterocycles. The van der Waals surface area contributed by atoms with Gasteiger partial charge in [0.1, 0.15) is 0 Å². The molecule has 0 amide bonds. The van der Waals surface area contributed by atoms with Crippen LogP contribution in [0, 0.1) is 5.92 Å². The van der Waals surface area contributed by atoms with E-state index in [0.29, 0.717) is 5.92 Å². The first-order valence-electron chi connectivity index (χ1n) is 4.00. The number of hydrogen-bond acceptors (Lipinski definition) is 2. The minimum Gasteiger partial charge on any atom is -0.298 e. The molecule has 0 bridgehead atoms. The Bertz CT molecular complexity index is 79.0. The molecular weight excluding hydrogens is 126 g/mol. The van der Waals surface area contributed by atoms with Crippen LogP contribution in [0.1, 0.15) is 40.5 Å². The summed E-state index contributed by atoms with van der Waals surface area (Å²) in [6.07, 6.45) is 1.97. The zero-order valence-electron chi connectivity index (χ0n) is 7.48. The van der Waals surface area contributed by atoms with Gasteiger partial charge in [-0.25, -0.2) is 5.90 Å². The number of hydrogen-bond donors (Lipinski definition) is 1. The second-order valence-corrected chi connectivity index (χ2v) is 3.04. The highest BCUT2D eigenvalue weighted by atomic mass is 16.6. The fourth-order valence-electron chi connectivity index (χ4n) is 1.37. The molecule has 0 aliphatic rings. The summed E-state index contributed by atoms with van der Waals surface area (Å²) < 4.78 is 0. The van der Waals surface area contributed by atoms with Crippen LogP contribution in [-0.4, -0.2) is 5.60 Å². The highest BCUT2D eigenvalue weighted by Crippen LogP contribution is 2.27. The van der Waals surface area contributed by atoms with Gasteiger partial charge in [0.2, 0.25) is 0 Å². The normalized spacial score (nSPS) is 12.6. The van der Waals surface area contributed by atoms with Crippen molar-refractivity contribution in [3.8, 4) is 0 Å². The van der Waals surface area contributed by atoms with E-state index in [1.807, 2.05) is 0 Å². The molecule has 0 aromatic rings. The van der Waals surface area contributed by atoms with Crippen LogP contribution in [0.4, 0.5) is 0 Å². The van der Waals surface area contributed by atoms with Crippen molar-refractivity contribution in [3.05, 3.63) is 0 Å². The zero-order valence-corrected chi connectivity index (χ0v) is 7.48. The summed E-state index contributed by atoms with van der Waals surface area (Å²) in [5.41, 5.74) is -0.0972. The molecular formula is C8H19NO. The van der Waals surface area contributed by atoms with E-state index >= 15 is 0 Å². The molecule has 0 heterocycles. The molecule has 0 rings (SSSR count). The molecule has 0 aliphatic heterocycles. The predicted molar refractivity (Wildman–Crippen MR) is 43.4 cm³/mol. The molecule has 10 heavy (non-hydrogen) atoms. The molecule has 0 saturated heterocycles. The van der Waals surface area contributed by atoms with E-state index in [4.69, 9.17) is 10.7 Å². The standard InChI is InChI=1S/C8H19NO/c1-5-8(6-2,10-9)7(3)4/h7H,5-6,9H2,1-4H3. The molecule has 2 N–H and O–H groups in total. The van der Waals surface area contributed by atoms with E-state index in [9.17, 15) is 0 Å². The highest BCUT2D eigenvalue weighted by Gasteiger charge is 2.30. The van der Waals surface area contributed by atoms with Gasteiger partial charge in [-0.1, -0.05) is 27.7 Å². The maximum Gasteiger partial charge on any atom is 0.0911 e. The first-order chi connectivity index (χ1) is 4.63. The molecule has 0 saturated carbocycles. The van der Waals surface area contributed by atoms with Gasteiger partial charge in [-0.2, -0.15) is 0 Å². The Morgan fingerprint density at radius 1 is 1.30 bits per heavy atom. The lowest BCUT2D eigenvalue weighted by Gasteiger charge is -2.33. The Balaban J connectivity index is 4.15. The van der Waals surface area contributed by atoms with E-state index in [1.165, 1.54) is 0 Å². The topological polar surface area (TPSA) is 35.2 Å². The van der Waals surface area contributed by atoms with E-state index in [1.54, 1.807) is 0 Å². The number of rotatable bonds is 4. The van der Waals surface area contributed by atoms with Crippen molar-refractivity contribution in [2.24, 2.45) is 11.8 Å². The van der Waals surface area contributed by atoms with Crippen LogP contribution >= 0.6 is 0 Å². The Morgan fingerprint density at radius 3 is 1.70 bits per heavy atom. The largest absolute Gasteiger partial charge is 0.298 e. The van der Waals surface area contributed by atoms with E-state index in [2.05, 4.69) is 27.7 Å². The zero-order chi connectivity index (χ0) is 8.20. The third-order valence-corrected chi connectivity index (χ3v) is 2.48.